The number of carboxylic acids is 1. The summed E-state index contributed by atoms with van der Waals surface area (Å²) in [5.74, 6) is -0.894. The van der Waals surface area contributed by atoms with Crippen molar-refractivity contribution in [3.63, 3.8) is 0 Å². The van der Waals surface area contributed by atoms with Gasteiger partial charge in [-0.1, -0.05) is 19.3 Å². The smallest absolute Gasteiger partial charge is 0.326 e. The largest absolute Gasteiger partial charge is 0.480 e. The van der Waals surface area contributed by atoms with Crippen LogP contribution in [0.5, 0.6) is 0 Å². The highest BCUT2D eigenvalue weighted by molar-refractivity contribution is 8.00. The lowest BCUT2D eigenvalue weighted by Crippen LogP contribution is -2.50. The quantitative estimate of drug-likeness (QED) is 0.836. The number of urea groups is 1. The average Bonchev–Trinajstić information content (AvgIpc) is 2.95. The number of rotatable bonds is 4. The van der Waals surface area contributed by atoms with Gasteiger partial charge in [-0.15, -0.1) is 0 Å². The first-order chi connectivity index (χ1) is 9.58. The number of thioether (sulfide) groups is 1. The zero-order chi connectivity index (χ0) is 14.6. The van der Waals surface area contributed by atoms with E-state index in [1.54, 1.807) is 0 Å². The lowest BCUT2D eigenvalue weighted by atomic mass is 9.88. The van der Waals surface area contributed by atoms with Crippen molar-refractivity contribution in [2.45, 2.75) is 55.7 Å². The molecule has 2 N–H and O–H groups in total. The number of nitrogens with zero attached hydrogens (tertiary/aromatic N) is 1. The van der Waals surface area contributed by atoms with Crippen LogP contribution >= 0.6 is 11.8 Å². The van der Waals surface area contributed by atoms with Crippen LogP contribution in [0.1, 0.15) is 44.9 Å². The summed E-state index contributed by atoms with van der Waals surface area (Å²) in [7, 11) is 0. The standard InChI is InChI=1S/C14H24N2O3S/c1-20-14(7-3-2-4-8-14)10-15-13(19)16-9-5-6-11(16)12(17)18/h11H,2-10H2,1H3,(H,15,19)(H,17,18)/t11-/m1/s1. The first-order valence-electron chi connectivity index (χ1n) is 7.40. The second kappa shape index (κ2) is 6.70. The molecule has 1 heterocycles. The van der Waals surface area contributed by atoms with E-state index in [4.69, 9.17) is 5.11 Å². The summed E-state index contributed by atoms with van der Waals surface area (Å²) in [6, 6.07) is -0.861. The van der Waals surface area contributed by atoms with Crippen LogP contribution in [0.25, 0.3) is 0 Å². The number of hydrogen-bond acceptors (Lipinski definition) is 3. The molecule has 1 aliphatic heterocycles. The predicted molar refractivity (Wildman–Crippen MR) is 80.1 cm³/mol. The van der Waals surface area contributed by atoms with Gasteiger partial charge >= 0.3 is 12.0 Å². The van der Waals surface area contributed by atoms with E-state index in [0.717, 1.165) is 19.3 Å². The first-order valence-corrected chi connectivity index (χ1v) is 8.63. The van der Waals surface area contributed by atoms with Crippen molar-refractivity contribution in [1.82, 2.24) is 10.2 Å². The number of aliphatic carboxylic acids is 1. The van der Waals surface area contributed by atoms with Gasteiger partial charge in [-0.2, -0.15) is 11.8 Å². The fraction of sp³-hybridized carbons (Fsp3) is 0.857. The molecule has 0 bridgehead atoms. The van der Waals surface area contributed by atoms with Crippen LogP contribution in [0, 0.1) is 0 Å². The minimum Gasteiger partial charge on any atom is -0.480 e. The molecule has 1 saturated heterocycles. The van der Waals surface area contributed by atoms with Crippen LogP contribution < -0.4 is 5.32 Å². The molecule has 1 aliphatic carbocycles. The van der Waals surface area contributed by atoms with Gasteiger partial charge in [0.25, 0.3) is 0 Å². The van der Waals surface area contributed by atoms with E-state index in [0.29, 0.717) is 19.5 Å². The SMILES string of the molecule is CSC1(CNC(=O)N2CCC[C@@H]2C(=O)O)CCCCC1. The van der Waals surface area contributed by atoms with Crippen LogP contribution in [0.2, 0.25) is 0 Å². The number of nitrogens with one attached hydrogen (secondary N) is 1. The minimum atomic E-state index is -0.894. The van der Waals surface area contributed by atoms with Gasteiger partial charge in [-0.3, -0.25) is 0 Å². The highest BCUT2D eigenvalue weighted by Crippen LogP contribution is 2.38. The van der Waals surface area contributed by atoms with Crippen molar-refractivity contribution in [3.8, 4) is 0 Å². The maximum atomic E-state index is 12.2. The predicted octanol–water partition coefficient (Wildman–Crippen LogP) is 2.31. The van der Waals surface area contributed by atoms with E-state index >= 15 is 0 Å². The summed E-state index contributed by atoms with van der Waals surface area (Å²) in [5, 5.41) is 12.1. The maximum absolute atomic E-state index is 12.2. The van der Waals surface area contributed by atoms with Crippen LogP contribution in [0.3, 0.4) is 0 Å². The normalized spacial score (nSPS) is 25.4. The number of amides is 2. The van der Waals surface area contributed by atoms with E-state index in [2.05, 4.69) is 11.6 Å². The summed E-state index contributed by atoms with van der Waals surface area (Å²) in [6.07, 6.45) is 9.44. The molecular weight excluding hydrogens is 276 g/mol. The summed E-state index contributed by atoms with van der Waals surface area (Å²) >= 11 is 1.84. The van der Waals surface area contributed by atoms with Gasteiger partial charge in [-0.05, 0) is 31.9 Å². The molecule has 2 fully saturated rings. The average molecular weight is 300 g/mol. The third-order valence-electron chi connectivity index (χ3n) is 4.56. The fourth-order valence-electron chi connectivity index (χ4n) is 3.25. The Morgan fingerprint density at radius 1 is 1.30 bits per heavy atom. The van der Waals surface area contributed by atoms with Crippen LogP contribution in [0.4, 0.5) is 4.79 Å². The number of likely N-dealkylation sites (tertiary alicyclic amines) is 1. The summed E-state index contributed by atoms with van der Waals surface area (Å²) in [4.78, 5) is 24.8. The maximum Gasteiger partial charge on any atom is 0.326 e. The molecule has 2 rings (SSSR count). The van der Waals surface area contributed by atoms with Crippen molar-refractivity contribution >= 4 is 23.8 Å². The molecule has 6 heteroatoms. The molecule has 0 radical (unpaired) electrons. The molecule has 2 amide bonds. The third kappa shape index (κ3) is 3.40. The Hall–Kier alpha value is -0.910. The molecule has 2 aliphatic rings. The van der Waals surface area contributed by atoms with Gasteiger partial charge in [0.05, 0.1) is 0 Å². The Bertz CT molecular complexity index is 369. The Morgan fingerprint density at radius 3 is 2.60 bits per heavy atom. The van der Waals surface area contributed by atoms with Gasteiger partial charge in [0.1, 0.15) is 6.04 Å². The molecular formula is C14H24N2O3S. The molecule has 0 aromatic rings. The molecule has 0 spiro atoms. The summed E-state index contributed by atoms with van der Waals surface area (Å²) < 4.78 is 0.145. The number of carbonyl (C=O) groups is 2. The van der Waals surface area contributed by atoms with E-state index in [1.165, 1.54) is 24.2 Å². The Balaban J connectivity index is 1.89. The minimum absolute atomic E-state index is 0.145. The highest BCUT2D eigenvalue weighted by Gasteiger charge is 2.36. The van der Waals surface area contributed by atoms with Gasteiger partial charge < -0.3 is 15.3 Å². The number of carbonyl (C=O) groups excluding carboxylic acids is 1. The zero-order valence-corrected chi connectivity index (χ0v) is 12.9. The molecule has 0 aromatic carbocycles. The van der Waals surface area contributed by atoms with Crippen molar-refractivity contribution in [3.05, 3.63) is 0 Å². The van der Waals surface area contributed by atoms with Crippen LogP contribution in [-0.2, 0) is 4.79 Å². The van der Waals surface area contributed by atoms with Crippen molar-refractivity contribution < 1.29 is 14.7 Å². The zero-order valence-electron chi connectivity index (χ0n) is 12.1. The molecule has 1 atom stereocenters. The lowest BCUT2D eigenvalue weighted by Gasteiger charge is -2.36. The summed E-state index contributed by atoms with van der Waals surface area (Å²) in [6.45, 7) is 1.20. The highest BCUT2D eigenvalue weighted by atomic mass is 32.2. The van der Waals surface area contributed by atoms with Gasteiger partial charge in [-0.25, -0.2) is 9.59 Å². The van der Waals surface area contributed by atoms with Gasteiger partial charge in [0, 0.05) is 17.8 Å². The fourth-order valence-corrected chi connectivity index (χ4v) is 4.17. The Labute approximate surface area is 124 Å². The van der Waals surface area contributed by atoms with Gasteiger partial charge in [0.15, 0.2) is 0 Å². The summed E-state index contributed by atoms with van der Waals surface area (Å²) in [5.41, 5.74) is 0. The molecule has 20 heavy (non-hydrogen) atoms. The molecule has 0 unspecified atom stereocenters. The Kier molecular flexibility index (Phi) is 5.18. The van der Waals surface area contributed by atoms with Crippen LogP contribution in [-0.4, -0.2) is 52.1 Å². The topological polar surface area (TPSA) is 69.6 Å². The van der Waals surface area contributed by atoms with Crippen molar-refractivity contribution in [2.24, 2.45) is 0 Å². The van der Waals surface area contributed by atoms with E-state index in [9.17, 15) is 9.59 Å². The second-order valence-electron chi connectivity index (χ2n) is 5.80. The lowest BCUT2D eigenvalue weighted by molar-refractivity contribution is -0.141. The van der Waals surface area contributed by atoms with Crippen molar-refractivity contribution in [1.29, 1.82) is 0 Å². The molecule has 114 valence electrons. The monoisotopic (exact) mass is 300 g/mol. The van der Waals surface area contributed by atoms with Crippen molar-refractivity contribution in [2.75, 3.05) is 19.3 Å². The number of carboxylic acid groups (broad SMARTS) is 1. The Morgan fingerprint density at radius 2 is 2.00 bits per heavy atom. The number of hydrogen-bond donors (Lipinski definition) is 2. The molecule has 0 aromatic heterocycles. The third-order valence-corrected chi connectivity index (χ3v) is 5.98. The van der Waals surface area contributed by atoms with E-state index in [1.807, 2.05) is 11.8 Å². The van der Waals surface area contributed by atoms with E-state index < -0.39 is 12.0 Å². The molecule has 1 saturated carbocycles. The first kappa shape index (κ1) is 15.5. The molecule has 5 nitrogen and oxygen atoms in total. The van der Waals surface area contributed by atoms with Gasteiger partial charge in [0.2, 0.25) is 0 Å². The second-order valence-corrected chi connectivity index (χ2v) is 7.07. The van der Waals surface area contributed by atoms with Crippen LogP contribution in [0.15, 0.2) is 0 Å². The van der Waals surface area contributed by atoms with E-state index in [-0.39, 0.29) is 10.8 Å².